The molecule has 0 atom stereocenters. The molecule has 0 fully saturated rings. The van der Waals surface area contributed by atoms with Crippen LogP contribution in [0.15, 0.2) is 10.9 Å². The number of rotatable bonds is 5. The van der Waals surface area contributed by atoms with Gasteiger partial charge in [0.2, 0.25) is 5.91 Å². The molecule has 8 nitrogen and oxygen atoms in total. The van der Waals surface area contributed by atoms with E-state index in [4.69, 9.17) is 4.74 Å². The summed E-state index contributed by atoms with van der Waals surface area (Å²) >= 11 is 1.04. The quantitative estimate of drug-likeness (QED) is 0.819. The molecule has 0 radical (unpaired) electrons. The predicted molar refractivity (Wildman–Crippen MR) is 89.4 cm³/mol. The summed E-state index contributed by atoms with van der Waals surface area (Å²) in [4.78, 5) is 44.5. The second-order valence-electron chi connectivity index (χ2n) is 5.07. The van der Waals surface area contributed by atoms with Crippen LogP contribution < -0.4 is 10.9 Å². The molecule has 0 aromatic carbocycles. The van der Waals surface area contributed by atoms with Gasteiger partial charge in [-0.2, -0.15) is 0 Å². The largest absolute Gasteiger partial charge is 0.462 e. The summed E-state index contributed by atoms with van der Waals surface area (Å²) in [5, 5.41) is 2.87. The molecule has 128 valence electrons. The van der Waals surface area contributed by atoms with Crippen LogP contribution in [0.3, 0.4) is 0 Å². The summed E-state index contributed by atoms with van der Waals surface area (Å²) in [5.74, 6) is -0.435. The van der Waals surface area contributed by atoms with E-state index in [2.05, 4.69) is 15.3 Å². The zero-order valence-corrected chi connectivity index (χ0v) is 14.7. The summed E-state index contributed by atoms with van der Waals surface area (Å²) in [6, 6.07) is 1.37. The fraction of sp³-hybridized carbons (Fsp3) is 0.400. The van der Waals surface area contributed by atoms with Gasteiger partial charge < -0.3 is 10.1 Å². The lowest BCUT2D eigenvalue weighted by atomic mass is 10.4. The minimum atomic E-state index is -0.470. The Morgan fingerprint density at radius 2 is 2.00 bits per heavy atom. The number of aryl methyl sites for hydroxylation is 3. The first-order valence-corrected chi connectivity index (χ1v) is 8.13. The number of nitrogens with one attached hydrogen (secondary N) is 1. The van der Waals surface area contributed by atoms with Gasteiger partial charge >= 0.3 is 5.97 Å². The van der Waals surface area contributed by atoms with Gasteiger partial charge in [-0.15, -0.1) is 0 Å². The van der Waals surface area contributed by atoms with Gasteiger partial charge in [0, 0.05) is 11.8 Å². The van der Waals surface area contributed by atoms with Crippen molar-refractivity contribution in [1.29, 1.82) is 0 Å². The molecule has 1 amide bonds. The first-order valence-electron chi connectivity index (χ1n) is 7.31. The molecule has 2 heterocycles. The summed E-state index contributed by atoms with van der Waals surface area (Å²) in [5.41, 5.74) is 0.792. The third-order valence-electron chi connectivity index (χ3n) is 3.13. The monoisotopic (exact) mass is 350 g/mol. The fourth-order valence-corrected chi connectivity index (χ4v) is 2.97. The minimum Gasteiger partial charge on any atom is -0.462 e. The van der Waals surface area contributed by atoms with Crippen LogP contribution in [-0.4, -0.2) is 33.0 Å². The van der Waals surface area contributed by atoms with Crippen LogP contribution in [-0.2, 0) is 16.1 Å². The molecule has 9 heteroatoms. The van der Waals surface area contributed by atoms with Gasteiger partial charge in [0.05, 0.1) is 12.3 Å². The van der Waals surface area contributed by atoms with Crippen LogP contribution in [0.25, 0.3) is 0 Å². The zero-order valence-electron chi connectivity index (χ0n) is 13.9. The molecule has 0 spiro atoms. The number of ether oxygens (including phenoxy) is 1. The first-order chi connectivity index (χ1) is 11.3. The lowest BCUT2D eigenvalue weighted by molar-refractivity contribution is -0.116. The van der Waals surface area contributed by atoms with Gasteiger partial charge in [0.15, 0.2) is 5.13 Å². The van der Waals surface area contributed by atoms with Crippen LogP contribution in [0.2, 0.25) is 0 Å². The van der Waals surface area contributed by atoms with E-state index in [1.807, 2.05) is 0 Å². The van der Waals surface area contributed by atoms with E-state index in [0.717, 1.165) is 11.3 Å². The average Bonchev–Trinajstić information content (AvgIpc) is 2.83. The van der Waals surface area contributed by atoms with Crippen molar-refractivity contribution in [2.24, 2.45) is 0 Å². The number of esters is 1. The van der Waals surface area contributed by atoms with E-state index in [1.165, 1.54) is 10.6 Å². The Morgan fingerprint density at radius 1 is 1.29 bits per heavy atom. The van der Waals surface area contributed by atoms with Crippen molar-refractivity contribution in [2.45, 2.75) is 34.2 Å². The molecule has 0 bridgehead atoms. The van der Waals surface area contributed by atoms with E-state index >= 15 is 0 Å². The molecule has 24 heavy (non-hydrogen) atoms. The smallest absolute Gasteiger partial charge is 0.350 e. The number of aromatic nitrogens is 3. The Morgan fingerprint density at radius 3 is 2.62 bits per heavy atom. The maximum Gasteiger partial charge on any atom is 0.350 e. The van der Waals surface area contributed by atoms with Gasteiger partial charge in [-0.1, -0.05) is 11.3 Å². The van der Waals surface area contributed by atoms with Crippen molar-refractivity contribution in [2.75, 3.05) is 11.9 Å². The molecule has 2 aromatic heterocycles. The summed E-state index contributed by atoms with van der Waals surface area (Å²) < 4.78 is 6.20. The third kappa shape index (κ3) is 4.05. The number of hydrogen-bond donors (Lipinski definition) is 1. The Bertz CT molecular complexity index is 840. The van der Waals surface area contributed by atoms with Crippen LogP contribution >= 0.6 is 11.3 Å². The van der Waals surface area contributed by atoms with Crippen LogP contribution in [0.5, 0.6) is 0 Å². The van der Waals surface area contributed by atoms with Gasteiger partial charge in [0.1, 0.15) is 17.2 Å². The number of thiazole rings is 1. The van der Waals surface area contributed by atoms with Gasteiger partial charge in [-0.25, -0.2) is 14.8 Å². The Labute approximate surface area is 142 Å². The molecule has 2 aromatic rings. The van der Waals surface area contributed by atoms with E-state index in [1.54, 1.807) is 27.7 Å². The van der Waals surface area contributed by atoms with E-state index in [-0.39, 0.29) is 23.8 Å². The highest BCUT2D eigenvalue weighted by Gasteiger charge is 2.18. The standard InChI is InChI=1S/C15H18N4O4S/c1-5-23-14(22)13-9(3)17-15(24-13)18-11(20)7-19-10(4)16-8(2)6-12(19)21/h6H,5,7H2,1-4H3,(H,17,18,20). The summed E-state index contributed by atoms with van der Waals surface area (Å²) in [6.07, 6.45) is 0. The van der Waals surface area contributed by atoms with Crippen LogP contribution in [0.1, 0.15) is 33.8 Å². The Kier molecular flexibility index (Phi) is 5.45. The number of hydrogen-bond acceptors (Lipinski definition) is 7. The molecular weight excluding hydrogens is 332 g/mol. The highest BCUT2D eigenvalue weighted by molar-refractivity contribution is 7.17. The van der Waals surface area contributed by atoms with Crippen molar-refractivity contribution in [3.63, 3.8) is 0 Å². The molecule has 0 aliphatic heterocycles. The summed E-state index contributed by atoms with van der Waals surface area (Å²) in [7, 11) is 0. The topological polar surface area (TPSA) is 103 Å². The Hall–Kier alpha value is -2.55. The maximum atomic E-state index is 12.1. The average molecular weight is 350 g/mol. The SMILES string of the molecule is CCOC(=O)c1sc(NC(=O)Cn2c(C)nc(C)cc2=O)nc1C. The molecule has 1 N–H and O–H groups in total. The molecular formula is C15H18N4O4S. The molecule has 0 aliphatic rings. The second kappa shape index (κ2) is 7.35. The fourth-order valence-electron chi connectivity index (χ4n) is 2.09. The number of carbonyl (C=O) groups excluding carboxylic acids is 2. The molecule has 2 rings (SSSR count). The zero-order chi connectivity index (χ0) is 17.9. The number of carbonyl (C=O) groups is 2. The highest BCUT2D eigenvalue weighted by Crippen LogP contribution is 2.23. The minimum absolute atomic E-state index is 0.175. The van der Waals surface area contributed by atoms with E-state index in [0.29, 0.717) is 22.1 Å². The van der Waals surface area contributed by atoms with Gasteiger partial charge in [0.25, 0.3) is 5.56 Å². The lowest BCUT2D eigenvalue weighted by Gasteiger charge is -2.08. The number of anilines is 1. The number of nitrogens with zero attached hydrogens (tertiary/aromatic N) is 3. The van der Waals surface area contributed by atoms with Gasteiger partial charge in [-0.3, -0.25) is 14.2 Å². The molecule has 0 aliphatic carbocycles. The van der Waals surface area contributed by atoms with Gasteiger partial charge in [-0.05, 0) is 27.7 Å². The van der Waals surface area contributed by atoms with Crippen molar-refractivity contribution >= 4 is 28.3 Å². The third-order valence-corrected chi connectivity index (χ3v) is 4.19. The van der Waals surface area contributed by atoms with Crippen LogP contribution in [0.4, 0.5) is 5.13 Å². The Balaban J connectivity index is 2.12. The highest BCUT2D eigenvalue weighted by atomic mass is 32.1. The van der Waals surface area contributed by atoms with Crippen molar-refractivity contribution < 1.29 is 14.3 Å². The maximum absolute atomic E-state index is 12.1. The predicted octanol–water partition coefficient (Wildman–Crippen LogP) is 1.44. The van der Waals surface area contributed by atoms with Crippen molar-refractivity contribution in [1.82, 2.24) is 14.5 Å². The van der Waals surface area contributed by atoms with Crippen LogP contribution in [0, 0.1) is 20.8 Å². The molecule has 0 saturated carbocycles. The molecule has 0 saturated heterocycles. The first kappa shape index (κ1) is 17.8. The van der Waals surface area contributed by atoms with E-state index < -0.39 is 11.9 Å². The number of amides is 1. The molecule has 0 unspecified atom stereocenters. The van der Waals surface area contributed by atoms with Crippen molar-refractivity contribution in [3.05, 3.63) is 38.5 Å². The normalized spacial score (nSPS) is 10.5. The van der Waals surface area contributed by atoms with E-state index in [9.17, 15) is 14.4 Å². The summed E-state index contributed by atoms with van der Waals surface area (Å²) in [6.45, 7) is 6.84. The van der Waals surface area contributed by atoms with Crippen molar-refractivity contribution in [3.8, 4) is 0 Å². The second-order valence-corrected chi connectivity index (χ2v) is 6.07. The lowest BCUT2D eigenvalue weighted by Crippen LogP contribution is -2.29.